The van der Waals surface area contributed by atoms with Crippen LogP contribution in [-0.4, -0.2) is 60.6 Å². The van der Waals surface area contributed by atoms with Crippen molar-refractivity contribution in [1.82, 2.24) is 9.80 Å². The molecule has 1 fully saturated rings. The van der Waals surface area contributed by atoms with Crippen LogP contribution in [0, 0.1) is 12.3 Å². The summed E-state index contributed by atoms with van der Waals surface area (Å²) in [6.07, 6.45) is 7.33. The molecule has 0 aromatic carbocycles. The number of amides is 1. The van der Waals surface area contributed by atoms with E-state index in [1.165, 1.54) is 0 Å². The van der Waals surface area contributed by atoms with Gasteiger partial charge in [-0.3, -0.25) is 9.69 Å². The summed E-state index contributed by atoms with van der Waals surface area (Å²) in [6.45, 7) is 8.23. The van der Waals surface area contributed by atoms with E-state index < -0.39 is 0 Å². The second-order valence-corrected chi connectivity index (χ2v) is 5.47. The fourth-order valence-corrected chi connectivity index (χ4v) is 2.30. The number of ether oxygens (including phenoxy) is 1. The summed E-state index contributed by atoms with van der Waals surface area (Å²) in [5.74, 6) is 2.69. The molecular weight excluding hydrogens is 240 g/mol. The molecule has 1 saturated heterocycles. The lowest BCUT2D eigenvalue weighted by Gasteiger charge is -2.37. The summed E-state index contributed by atoms with van der Waals surface area (Å²) in [5, 5.41) is 0. The van der Waals surface area contributed by atoms with Crippen LogP contribution in [0.15, 0.2) is 0 Å². The van der Waals surface area contributed by atoms with Crippen molar-refractivity contribution in [2.24, 2.45) is 0 Å². The van der Waals surface area contributed by atoms with Crippen LogP contribution in [-0.2, 0) is 9.53 Å². The third-order valence-electron chi connectivity index (χ3n) is 3.91. The van der Waals surface area contributed by atoms with Gasteiger partial charge >= 0.3 is 0 Å². The van der Waals surface area contributed by atoms with E-state index in [1.54, 1.807) is 0 Å². The highest BCUT2D eigenvalue weighted by atomic mass is 16.5. The second kappa shape index (κ2) is 7.52. The van der Waals surface area contributed by atoms with Crippen molar-refractivity contribution >= 4 is 5.91 Å². The highest BCUT2D eigenvalue weighted by Crippen LogP contribution is 2.17. The Balaban J connectivity index is 2.42. The van der Waals surface area contributed by atoms with Crippen molar-refractivity contribution in [2.75, 3.05) is 26.7 Å². The predicted octanol–water partition coefficient (Wildman–Crippen LogP) is 1.36. The topological polar surface area (TPSA) is 32.8 Å². The third kappa shape index (κ3) is 4.52. The number of carbonyl (C=O) groups excluding carboxylic acids is 1. The standard InChI is InChI=1S/C15H26N2O2/c1-6-11-19-14-7-9-17(10-8-14)13(4)15(18)16(5)12(2)3/h1,12-14H,7-11H2,2-5H3. The molecule has 4 nitrogen and oxygen atoms in total. The quantitative estimate of drug-likeness (QED) is 0.704. The van der Waals surface area contributed by atoms with Gasteiger partial charge in [0.15, 0.2) is 0 Å². The molecule has 0 spiro atoms. The zero-order chi connectivity index (χ0) is 14.4. The Morgan fingerprint density at radius 3 is 2.47 bits per heavy atom. The molecule has 19 heavy (non-hydrogen) atoms. The van der Waals surface area contributed by atoms with Gasteiger partial charge in [-0.15, -0.1) is 6.42 Å². The molecule has 108 valence electrons. The highest BCUT2D eigenvalue weighted by molar-refractivity contribution is 5.81. The first kappa shape index (κ1) is 16.0. The Hall–Kier alpha value is -1.05. The summed E-state index contributed by atoms with van der Waals surface area (Å²) >= 11 is 0. The van der Waals surface area contributed by atoms with E-state index in [1.807, 2.05) is 32.7 Å². The smallest absolute Gasteiger partial charge is 0.239 e. The van der Waals surface area contributed by atoms with Gasteiger partial charge in [-0.2, -0.15) is 0 Å². The molecule has 1 aliphatic rings. The van der Waals surface area contributed by atoms with Crippen molar-refractivity contribution in [1.29, 1.82) is 0 Å². The molecule has 0 radical (unpaired) electrons. The summed E-state index contributed by atoms with van der Waals surface area (Å²) in [7, 11) is 1.87. The lowest BCUT2D eigenvalue weighted by Crippen LogP contribution is -2.51. The third-order valence-corrected chi connectivity index (χ3v) is 3.91. The minimum absolute atomic E-state index is 0.0546. The highest BCUT2D eigenvalue weighted by Gasteiger charge is 2.29. The predicted molar refractivity (Wildman–Crippen MR) is 76.7 cm³/mol. The van der Waals surface area contributed by atoms with Crippen molar-refractivity contribution < 1.29 is 9.53 Å². The summed E-state index contributed by atoms with van der Waals surface area (Å²) < 4.78 is 5.55. The molecule has 0 aliphatic carbocycles. The average molecular weight is 266 g/mol. The largest absolute Gasteiger partial charge is 0.365 e. The Morgan fingerprint density at radius 2 is 2.00 bits per heavy atom. The second-order valence-electron chi connectivity index (χ2n) is 5.47. The van der Waals surface area contributed by atoms with Crippen molar-refractivity contribution in [3.8, 4) is 12.3 Å². The molecular formula is C15H26N2O2. The summed E-state index contributed by atoms with van der Waals surface area (Å²) in [5.41, 5.74) is 0. The SMILES string of the molecule is C#CCOC1CCN(C(C)C(=O)N(C)C(C)C)CC1. The van der Waals surface area contributed by atoms with Crippen LogP contribution in [0.3, 0.4) is 0 Å². The summed E-state index contributed by atoms with van der Waals surface area (Å²) in [6, 6.07) is 0.187. The molecule has 0 N–H and O–H groups in total. The van der Waals surface area contributed by atoms with Gasteiger partial charge in [0.2, 0.25) is 5.91 Å². The minimum Gasteiger partial charge on any atom is -0.365 e. The van der Waals surface area contributed by atoms with Crippen LogP contribution < -0.4 is 0 Å². The number of rotatable bonds is 5. The number of likely N-dealkylation sites (N-methyl/N-ethyl adjacent to an activating group) is 1. The number of likely N-dealkylation sites (tertiary alicyclic amines) is 1. The molecule has 1 unspecified atom stereocenters. The lowest BCUT2D eigenvalue weighted by atomic mass is 10.1. The van der Waals surface area contributed by atoms with E-state index in [0.29, 0.717) is 6.61 Å². The number of piperidine rings is 1. The first-order chi connectivity index (χ1) is 8.97. The van der Waals surface area contributed by atoms with Gasteiger partial charge in [0.1, 0.15) is 6.61 Å². The normalized spacial score (nSPS) is 19.2. The Labute approximate surface area is 117 Å². The van der Waals surface area contributed by atoms with Crippen LogP contribution in [0.2, 0.25) is 0 Å². The monoisotopic (exact) mass is 266 g/mol. The molecule has 1 atom stereocenters. The average Bonchev–Trinajstić information content (AvgIpc) is 2.43. The number of hydrogen-bond acceptors (Lipinski definition) is 3. The van der Waals surface area contributed by atoms with Gasteiger partial charge in [-0.1, -0.05) is 5.92 Å². The summed E-state index contributed by atoms with van der Waals surface area (Å²) in [4.78, 5) is 16.3. The molecule has 1 amide bonds. The number of carbonyl (C=O) groups is 1. The van der Waals surface area contributed by atoms with Crippen LogP contribution in [0.4, 0.5) is 0 Å². The van der Waals surface area contributed by atoms with Gasteiger partial charge in [0.05, 0.1) is 12.1 Å². The molecule has 1 aliphatic heterocycles. The van der Waals surface area contributed by atoms with Gasteiger partial charge < -0.3 is 9.64 Å². The number of nitrogens with zero attached hydrogens (tertiary/aromatic N) is 2. The minimum atomic E-state index is -0.0546. The Morgan fingerprint density at radius 1 is 1.42 bits per heavy atom. The van der Waals surface area contributed by atoms with Crippen LogP contribution in [0.25, 0.3) is 0 Å². The zero-order valence-electron chi connectivity index (χ0n) is 12.6. The fraction of sp³-hybridized carbons (Fsp3) is 0.800. The van der Waals surface area contributed by atoms with Gasteiger partial charge in [0, 0.05) is 26.2 Å². The molecule has 1 rings (SSSR count). The zero-order valence-corrected chi connectivity index (χ0v) is 12.6. The van der Waals surface area contributed by atoms with Crippen molar-refractivity contribution in [3.63, 3.8) is 0 Å². The molecule has 0 aromatic heterocycles. The van der Waals surface area contributed by atoms with E-state index in [2.05, 4.69) is 10.8 Å². The molecule has 0 saturated carbocycles. The Kier molecular flexibility index (Phi) is 6.33. The van der Waals surface area contributed by atoms with Crippen LogP contribution in [0.1, 0.15) is 33.6 Å². The molecule has 1 heterocycles. The number of hydrogen-bond donors (Lipinski definition) is 0. The van der Waals surface area contributed by atoms with Crippen LogP contribution >= 0.6 is 0 Å². The van der Waals surface area contributed by atoms with E-state index in [-0.39, 0.29) is 24.1 Å². The maximum atomic E-state index is 12.3. The van der Waals surface area contributed by atoms with E-state index >= 15 is 0 Å². The maximum absolute atomic E-state index is 12.3. The van der Waals surface area contributed by atoms with E-state index in [9.17, 15) is 4.79 Å². The molecule has 0 bridgehead atoms. The number of terminal acetylenes is 1. The maximum Gasteiger partial charge on any atom is 0.239 e. The molecule has 0 aromatic rings. The van der Waals surface area contributed by atoms with Crippen molar-refractivity contribution in [3.05, 3.63) is 0 Å². The van der Waals surface area contributed by atoms with Gasteiger partial charge in [-0.05, 0) is 33.6 Å². The van der Waals surface area contributed by atoms with E-state index in [4.69, 9.17) is 11.2 Å². The van der Waals surface area contributed by atoms with Crippen LogP contribution in [0.5, 0.6) is 0 Å². The lowest BCUT2D eigenvalue weighted by molar-refractivity contribution is -0.137. The van der Waals surface area contributed by atoms with Gasteiger partial charge in [-0.25, -0.2) is 0 Å². The Bertz CT molecular complexity index is 328. The fourth-order valence-electron chi connectivity index (χ4n) is 2.30. The first-order valence-corrected chi connectivity index (χ1v) is 7.03. The van der Waals surface area contributed by atoms with Gasteiger partial charge in [0.25, 0.3) is 0 Å². The van der Waals surface area contributed by atoms with Crippen molar-refractivity contribution in [2.45, 2.75) is 51.8 Å². The molecule has 4 heteroatoms. The first-order valence-electron chi connectivity index (χ1n) is 7.03. The van der Waals surface area contributed by atoms with E-state index in [0.717, 1.165) is 25.9 Å².